The number of aromatic nitrogens is 4. The lowest BCUT2D eigenvalue weighted by molar-refractivity contribution is 0.815. The number of nitrogens with zero attached hydrogens (tertiary/aromatic N) is 4. The van der Waals surface area contributed by atoms with Crippen LogP contribution < -0.4 is 5.56 Å². The third-order valence-electron chi connectivity index (χ3n) is 3.68. The molecule has 0 bridgehead atoms. The fraction of sp³-hybridized carbons (Fsp3) is 0.0588. The molecule has 4 aromatic rings. The minimum Gasteiger partial charge on any atom is -0.349 e. The van der Waals surface area contributed by atoms with E-state index in [0.29, 0.717) is 11.0 Å². The van der Waals surface area contributed by atoms with Crippen molar-refractivity contribution in [3.8, 4) is 0 Å². The first-order chi connectivity index (χ1) is 11.2. The van der Waals surface area contributed by atoms with Gasteiger partial charge in [0.15, 0.2) is 0 Å². The van der Waals surface area contributed by atoms with E-state index in [1.807, 2.05) is 37.3 Å². The lowest BCUT2D eigenvalue weighted by Gasteiger charge is -1.97. The maximum absolute atomic E-state index is 12.6. The quantitative estimate of drug-likeness (QED) is 0.578. The van der Waals surface area contributed by atoms with Crippen molar-refractivity contribution < 1.29 is 0 Å². The van der Waals surface area contributed by atoms with Crippen LogP contribution in [0.2, 0.25) is 0 Å². The summed E-state index contributed by atoms with van der Waals surface area (Å²) in [4.78, 5) is 24.0. The monoisotopic (exact) mass is 303 g/mol. The Labute approximate surface area is 131 Å². The molecule has 6 nitrogen and oxygen atoms in total. The van der Waals surface area contributed by atoms with Crippen LogP contribution in [0.25, 0.3) is 21.9 Å². The lowest BCUT2D eigenvalue weighted by Crippen LogP contribution is -2.17. The van der Waals surface area contributed by atoms with Crippen molar-refractivity contribution in [1.82, 2.24) is 19.6 Å². The van der Waals surface area contributed by atoms with Crippen LogP contribution in [-0.2, 0) is 0 Å². The van der Waals surface area contributed by atoms with Gasteiger partial charge in [-0.3, -0.25) is 9.78 Å². The van der Waals surface area contributed by atoms with E-state index < -0.39 is 0 Å². The summed E-state index contributed by atoms with van der Waals surface area (Å²) in [6.07, 6.45) is 6.39. The molecular formula is C17H13N5O. The molecule has 0 radical (unpaired) electrons. The van der Waals surface area contributed by atoms with Gasteiger partial charge in [-0.15, -0.1) is 0 Å². The van der Waals surface area contributed by atoms with Crippen molar-refractivity contribution in [2.45, 2.75) is 6.92 Å². The molecule has 0 amide bonds. The van der Waals surface area contributed by atoms with Gasteiger partial charge in [0.25, 0.3) is 5.56 Å². The fourth-order valence-electron chi connectivity index (χ4n) is 2.52. The average Bonchev–Trinajstić information content (AvgIpc) is 2.94. The van der Waals surface area contributed by atoms with Crippen LogP contribution in [-0.4, -0.2) is 25.8 Å². The van der Waals surface area contributed by atoms with Gasteiger partial charge in [-0.25, -0.2) is 4.98 Å². The van der Waals surface area contributed by atoms with E-state index >= 15 is 0 Å². The zero-order valence-electron chi connectivity index (χ0n) is 12.4. The first-order valence-corrected chi connectivity index (χ1v) is 7.16. The van der Waals surface area contributed by atoms with E-state index in [2.05, 4.69) is 20.1 Å². The van der Waals surface area contributed by atoms with Gasteiger partial charge in [-0.05, 0) is 36.8 Å². The molecule has 0 unspecified atom stereocenters. The first-order valence-electron chi connectivity index (χ1n) is 7.16. The average molecular weight is 303 g/mol. The van der Waals surface area contributed by atoms with Gasteiger partial charge in [-0.1, -0.05) is 11.6 Å². The van der Waals surface area contributed by atoms with Gasteiger partial charge in [0, 0.05) is 23.3 Å². The maximum atomic E-state index is 12.6. The van der Waals surface area contributed by atoms with Gasteiger partial charge in [0.2, 0.25) is 0 Å². The Morgan fingerprint density at radius 1 is 1.22 bits per heavy atom. The molecule has 0 saturated carbocycles. The molecule has 0 aliphatic rings. The highest BCUT2D eigenvalue weighted by Gasteiger charge is 2.10. The Hall–Kier alpha value is -3.28. The molecule has 3 heterocycles. The van der Waals surface area contributed by atoms with Crippen LogP contribution in [0.15, 0.2) is 58.9 Å². The Morgan fingerprint density at radius 3 is 2.87 bits per heavy atom. The molecule has 4 rings (SSSR count). The summed E-state index contributed by atoms with van der Waals surface area (Å²) in [6.45, 7) is 2.01. The highest BCUT2D eigenvalue weighted by atomic mass is 16.1. The largest absolute Gasteiger partial charge is 0.349 e. The molecule has 0 saturated heterocycles. The predicted octanol–water partition coefficient (Wildman–Crippen LogP) is 2.46. The van der Waals surface area contributed by atoms with E-state index in [1.165, 1.54) is 11.0 Å². The minimum atomic E-state index is -0.228. The Kier molecular flexibility index (Phi) is 3.01. The second-order valence-electron chi connectivity index (χ2n) is 5.32. The van der Waals surface area contributed by atoms with Crippen LogP contribution in [0.5, 0.6) is 0 Å². The number of pyridine rings is 1. The third kappa shape index (κ3) is 2.30. The summed E-state index contributed by atoms with van der Waals surface area (Å²) in [5, 5.41) is 5.13. The van der Waals surface area contributed by atoms with Crippen molar-refractivity contribution in [3.63, 3.8) is 0 Å². The minimum absolute atomic E-state index is 0.228. The molecule has 0 atom stereocenters. The first kappa shape index (κ1) is 13.4. The highest BCUT2D eigenvalue weighted by Crippen LogP contribution is 2.22. The number of hydrogen-bond acceptors (Lipinski definition) is 4. The summed E-state index contributed by atoms with van der Waals surface area (Å²) in [6, 6.07) is 9.60. The zero-order chi connectivity index (χ0) is 15.8. The highest BCUT2D eigenvalue weighted by molar-refractivity contribution is 6.04. The van der Waals surface area contributed by atoms with E-state index in [9.17, 15) is 4.79 Å². The third-order valence-corrected chi connectivity index (χ3v) is 3.68. The summed E-state index contributed by atoms with van der Waals surface area (Å²) >= 11 is 0. The van der Waals surface area contributed by atoms with Gasteiger partial charge in [0.05, 0.1) is 6.21 Å². The van der Waals surface area contributed by atoms with Crippen LogP contribution >= 0.6 is 0 Å². The molecule has 6 heteroatoms. The molecule has 1 N–H and O–H groups in total. The number of hydrogen-bond donors (Lipinski definition) is 1. The summed E-state index contributed by atoms with van der Waals surface area (Å²) < 4.78 is 1.23. The van der Waals surface area contributed by atoms with Crippen LogP contribution in [0.1, 0.15) is 11.1 Å². The summed E-state index contributed by atoms with van der Waals surface area (Å²) in [5.74, 6) is 0. The van der Waals surface area contributed by atoms with Gasteiger partial charge >= 0.3 is 0 Å². The molecular weight excluding hydrogens is 290 g/mol. The topological polar surface area (TPSA) is 75.9 Å². The normalized spacial score (nSPS) is 11.7. The van der Waals surface area contributed by atoms with Crippen LogP contribution in [0.4, 0.5) is 0 Å². The molecule has 0 fully saturated rings. The van der Waals surface area contributed by atoms with Crippen molar-refractivity contribution in [2.75, 3.05) is 0 Å². The number of fused-ring (bicyclic) bond motifs is 3. The summed E-state index contributed by atoms with van der Waals surface area (Å²) in [5.41, 5.74) is 3.78. The SMILES string of the molecule is Cc1ccc2[nH]c3c(=O)n(/N=C/c4ccncc4)cnc3c2c1. The van der Waals surface area contributed by atoms with E-state index in [-0.39, 0.29) is 5.56 Å². The van der Waals surface area contributed by atoms with Crippen molar-refractivity contribution in [2.24, 2.45) is 5.10 Å². The number of benzene rings is 1. The van der Waals surface area contributed by atoms with Crippen molar-refractivity contribution in [3.05, 3.63) is 70.5 Å². The fourth-order valence-corrected chi connectivity index (χ4v) is 2.52. The Bertz CT molecular complexity index is 1090. The predicted molar refractivity (Wildman–Crippen MR) is 89.8 cm³/mol. The van der Waals surface area contributed by atoms with E-state index in [1.54, 1.807) is 18.6 Å². The Balaban J connectivity index is 1.87. The van der Waals surface area contributed by atoms with Crippen molar-refractivity contribution in [1.29, 1.82) is 0 Å². The smallest absolute Gasteiger partial charge is 0.298 e. The number of H-pyrrole nitrogens is 1. The van der Waals surface area contributed by atoms with E-state index in [0.717, 1.165) is 22.0 Å². The molecule has 1 aromatic carbocycles. The lowest BCUT2D eigenvalue weighted by atomic mass is 10.2. The number of rotatable bonds is 2. The number of nitrogens with one attached hydrogen (secondary N) is 1. The molecule has 112 valence electrons. The van der Waals surface area contributed by atoms with Crippen molar-refractivity contribution >= 4 is 28.2 Å². The van der Waals surface area contributed by atoms with Gasteiger partial charge in [-0.2, -0.15) is 9.78 Å². The zero-order valence-corrected chi connectivity index (χ0v) is 12.4. The number of aromatic amines is 1. The molecule has 3 aromatic heterocycles. The van der Waals surface area contributed by atoms with Crippen LogP contribution in [0, 0.1) is 6.92 Å². The second-order valence-corrected chi connectivity index (χ2v) is 5.32. The maximum Gasteiger partial charge on any atom is 0.298 e. The van der Waals surface area contributed by atoms with Gasteiger partial charge in [0.1, 0.15) is 17.4 Å². The second kappa shape index (κ2) is 5.17. The summed E-state index contributed by atoms with van der Waals surface area (Å²) in [7, 11) is 0. The molecule has 0 spiro atoms. The molecule has 0 aliphatic carbocycles. The van der Waals surface area contributed by atoms with Gasteiger partial charge < -0.3 is 4.98 Å². The Morgan fingerprint density at radius 2 is 2.04 bits per heavy atom. The molecule has 23 heavy (non-hydrogen) atoms. The number of aryl methyl sites for hydroxylation is 1. The standard InChI is InChI=1S/C17H13N5O/c1-11-2-3-14-13(8-11)15-16(21-14)17(23)22(10-19-15)20-9-12-4-6-18-7-5-12/h2-10,21H,1H3/b20-9+. The van der Waals surface area contributed by atoms with E-state index in [4.69, 9.17) is 0 Å². The van der Waals surface area contributed by atoms with Crippen LogP contribution in [0.3, 0.4) is 0 Å². The molecule has 0 aliphatic heterocycles.